The van der Waals surface area contributed by atoms with E-state index < -0.39 is 22.8 Å². The Balaban J connectivity index is 3.58. The number of nitrogens with zero attached hydrogens (tertiary/aromatic N) is 7. The summed E-state index contributed by atoms with van der Waals surface area (Å²) in [6.45, 7) is 1.62. The van der Waals surface area contributed by atoms with E-state index >= 15 is 0 Å². The van der Waals surface area contributed by atoms with Gasteiger partial charge in [-0.3, -0.25) is 0 Å². The van der Waals surface area contributed by atoms with Crippen LogP contribution in [0.25, 0.3) is 0 Å². The average Bonchev–Trinajstić information content (AvgIpc) is 2.68. The molecule has 2 atom stereocenters. The van der Waals surface area contributed by atoms with Gasteiger partial charge in [-0.2, -0.15) is 26.2 Å². The monoisotopic (exact) mass is 271 g/mol. The Bertz CT molecular complexity index is 543. The van der Waals surface area contributed by atoms with Gasteiger partial charge in [-0.1, -0.05) is 6.92 Å². The van der Waals surface area contributed by atoms with E-state index in [-0.39, 0.29) is 6.42 Å². The Labute approximate surface area is 116 Å². The molecule has 8 nitrogen and oxygen atoms in total. The lowest BCUT2D eigenvalue weighted by molar-refractivity contribution is -0.0421. The van der Waals surface area contributed by atoms with Crippen molar-refractivity contribution in [3.05, 3.63) is 4.91 Å². The van der Waals surface area contributed by atoms with Crippen molar-refractivity contribution in [3.8, 4) is 24.3 Å². The second-order valence-electron chi connectivity index (χ2n) is 4.97. The molecule has 0 spiro atoms. The van der Waals surface area contributed by atoms with Gasteiger partial charge >= 0.3 is 0 Å². The van der Waals surface area contributed by atoms with Gasteiger partial charge in [0.15, 0.2) is 10.8 Å². The molecule has 0 aromatic heterocycles. The summed E-state index contributed by atoms with van der Waals surface area (Å²) >= 11 is 0. The highest BCUT2D eigenvalue weighted by atomic mass is 16.3. The lowest BCUT2D eigenvalue weighted by Crippen LogP contribution is -2.51. The van der Waals surface area contributed by atoms with Crippen molar-refractivity contribution in [2.24, 2.45) is 22.0 Å². The molecule has 1 aliphatic carbocycles. The molecule has 0 aliphatic heterocycles. The third-order valence-corrected chi connectivity index (χ3v) is 3.92. The first-order valence-electron chi connectivity index (χ1n) is 5.85. The summed E-state index contributed by atoms with van der Waals surface area (Å²) in [5.41, 5.74) is -3.73. The molecule has 8 heteroatoms. The normalized spacial score (nSPS) is 25.8. The molecule has 0 aromatic rings. The van der Waals surface area contributed by atoms with E-state index in [0.29, 0.717) is 0 Å². The fraction of sp³-hybridized carbons (Fsp3) is 0.667. The summed E-state index contributed by atoms with van der Waals surface area (Å²) in [5, 5.41) is 42.8. The van der Waals surface area contributed by atoms with Gasteiger partial charge in [0, 0.05) is 14.1 Å². The summed E-state index contributed by atoms with van der Waals surface area (Å²) in [4.78, 5) is 11.0. The zero-order valence-electron chi connectivity index (χ0n) is 11.4. The summed E-state index contributed by atoms with van der Waals surface area (Å²) in [5.74, 6) is -0.536. The van der Waals surface area contributed by atoms with E-state index in [0.717, 1.165) is 5.12 Å². The van der Waals surface area contributed by atoms with Crippen molar-refractivity contribution < 1.29 is 0 Å². The predicted octanol–water partition coefficient (Wildman–Crippen LogP) is 0.922. The lowest BCUT2D eigenvalue weighted by atomic mass is 9.64. The van der Waals surface area contributed by atoms with E-state index in [9.17, 15) is 26.0 Å². The van der Waals surface area contributed by atoms with Crippen molar-refractivity contribution in [2.45, 2.75) is 19.4 Å². The van der Waals surface area contributed by atoms with E-state index in [4.69, 9.17) is 0 Å². The second kappa shape index (κ2) is 5.13. The van der Waals surface area contributed by atoms with Crippen LogP contribution in [0.5, 0.6) is 0 Å². The van der Waals surface area contributed by atoms with Crippen molar-refractivity contribution in [1.82, 2.24) is 10.1 Å². The van der Waals surface area contributed by atoms with Gasteiger partial charge in [0.05, 0.1) is 29.6 Å². The number of hydrogen-bond donors (Lipinski definition) is 0. The molecule has 0 N–H and O–H groups in total. The Morgan fingerprint density at radius 1 is 1.05 bits per heavy atom. The molecular weight excluding hydrogens is 258 g/mol. The highest BCUT2D eigenvalue weighted by Gasteiger charge is 2.69. The highest BCUT2D eigenvalue weighted by molar-refractivity contribution is 5.41. The molecule has 20 heavy (non-hydrogen) atoms. The molecule has 0 heterocycles. The van der Waals surface area contributed by atoms with Crippen LogP contribution in [0.3, 0.4) is 0 Å². The molecule has 1 aliphatic rings. The molecule has 0 saturated heterocycles. The fourth-order valence-corrected chi connectivity index (χ4v) is 2.79. The van der Waals surface area contributed by atoms with Gasteiger partial charge in [0.25, 0.3) is 0 Å². The van der Waals surface area contributed by atoms with E-state index in [1.807, 2.05) is 12.1 Å². The largest absolute Gasteiger partial charge is 0.208 e. The Hall–Kier alpha value is -2.68. The van der Waals surface area contributed by atoms with Gasteiger partial charge in [-0.05, 0) is 12.3 Å². The van der Waals surface area contributed by atoms with E-state index in [1.165, 1.54) is 19.1 Å². The maximum atomic E-state index is 11.0. The van der Waals surface area contributed by atoms with Crippen LogP contribution in [0.15, 0.2) is 5.29 Å². The van der Waals surface area contributed by atoms with Crippen LogP contribution in [0.4, 0.5) is 0 Å². The number of nitroso groups, excluding NO2 is 1. The Kier molecular flexibility index (Phi) is 3.95. The number of hydrazine groups is 1. The standard InChI is InChI=1S/C12H13N7O/c1-9-4-10(19(17-20)18(2)3)12(7-15,8-16)11(9,5-13)6-14/h9-10H,4H2,1-3H3/t9-,10-/m1/s1. The highest BCUT2D eigenvalue weighted by Crippen LogP contribution is 2.57. The van der Waals surface area contributed by atoms with Crippen LogP contribution < -0.4 is 0 Å². The molecule has 0 unspecified atom stereocenters. The Morgan fingerprint density at radius 2 is 1.50 bits per heavy atom. The minimum absolute atomic E-state index is 0.173. The first kappa shape index (κ1) is 15.4. The molecule has 1 fully saturated rings. The third kappa shape index (κ3) is 1.60. The molecule has 0 bridgehead atoms. The maximum absolute atomic E-state index is 11.0. The minimum Gasteiger partial charge on any atom is -0.208 e. The van der Waals surface area contributed by atoms with Crippen LogP contribution in [-0.2, 0) is 0 Å². The maximum Gasteiger partial charge on any atom is 0.199 e. The molecule has 102 valence electrons. The third-order valence-electron chi connectivity index (χ3n) is 3.92. The smallest absolute Gasteiger partial charge is 0.199 e. The summed E-state index contributed by atoms with van der Waals surface area (Å²) in [6, 6.07) is 6.29. The van der Waals surface area contributed by atoms with Crippen LogP contribution >= 0.6 is 0 Å². The molecule has 0 aromatic carbocycles. The van der Waals surface area contributed by atoms with Gasteiger partial charge in [0.2, 0.25) is 0 Å². The average molecular weight is 271 g/mol. The number of nitriles is 4. The molecule has 0 amide bonds. The van der Waals surface area contributed by atoms with Crippen LogP contribution in [0, 0.1) is 67.0 Å². The number of rotatable bonds is 3. The van der Waals surface area contributed by atoms with E-state index in [1.54, 1.807) is 19.1 Å². The Morgan fingerprint density at radius 3 is 1.80 bits per heavy atom. The van der Waals surface area contributed by atoms with Crippen LogP contribution in [-0.4, -0.2) is 30.3 Å². The van der Waals surface area contributed by atoms with Crippen molar-refractivity contribution in [1.29, 1.82) is 21.0 Å². The fourth-order valence-electron chi connectivity index (χ4n) is 2.79. The first-order valence-corrected chi connectivity index (χ1v) is 5.85. The predicted molar refractivity (Wildman–Crippen MR) is 66.2 cm³/mol. The van der Waals surface area contributed by atoms with Crippen molar-refractivity contribution in [3.63, 3.8) is 0 Å². The lowest BCUT2D eigenvalue weighted by Gasteiger charge is -2.35. The topological polar surface area (TPSA) is 131 Å². The molecule has 0 radical (unpaired) electrons. The minimum atomic E-state index is -1.94. The quantitative estimate of drug-likeness (QED) is 0.550. The van der Waals surface area contributed by atoms with Crippen molar-refractivity contribution in [2.75, 3.05) is 14.1 Å². The summed E-state index contributed by atoms with van der Waals surface area (Å²) < 4.78 is 0. The summed E-state index contributed by atoms with van der Waals surface area (Å²) in [7, 11) is 3.06. The van der Waals surface area contributed by atoms with Crippen LogP contribution in [0.2, 0.25) is 0 Å². The van der Waals surface area contributed by atoms with E-state index in [2.05, 4.69) is 5.29 Å². The van der Waals surface area contributed by atoms with Gasteiger partial charge in [-0.25, -0.2) is 5.01 Å². The van der Waals surface area contributed by atoms with Crippen LogP contribution in [0.1, 0.15) is 13.3 Å². The first-order chi connectivity index (χ1) is 9.40. The second-order valence-corrected chi connectivity index (χ2v) is 4.97. The van der Waals surface area contributed by atoms with Gasteiger partial charge < -0.3 is 0 Å². The van der Waals surface area contributed by atoms with Gasteiger partial charge in [-0.15, -0.1) is 4.91 Å². The molecule has 1 saturated carbocycles. The summed E-state index contributed by atoms with van der Waals surface area (Å²) in [6.07, 6.45) is 0.173. The van der Waals surface area contributed by atoms with Gasteiger partial charge in [0.1, 0.15) is 6.04 Å². The number of hydrogen-bond acceptors (Lipinski definition) is 7. The molecule has 1 rings (SSSR count). The SMILES string of the molecule is C[C@@H]1C[C@@H](N(N=O)N(C)C)C(C#N)(C#N)C1(C#N)C#N. The molecular formula is C12H13N7O. The zero-order valence-corrected chi connectivity index (χ0v) is 11.4. The zero-order chi connectivity index (χ0) is 15.6. The van der Waals surface area contributed by atoms with Crippen molar-refractivity contribution >= 4 is 0 Å².